The summed E-state index contributed by atoms with van der Waals surface area (Å²) in [6.45, 7) is 0.769. The number of benzene rings is 1. The van der Waals surface area contributed by atoms with Crippen molar-refractivity contribution < 1.29 is 4.79 Å². The van der Waals surface area contributed by atoms with Crippen molar-refractivity contribution in [2.24, 2.45) is 0 Å². The van der Waals surface area contributed by atoms with Crippen molar-refractivity contribution in [1.82, 2.24) is 19.9 Å². The second-order valence-corrected chi connectivity index (χ2v) is 6.22. The highest BCUT2D eigenvalue weighted by atomic mass is 16.2. The van der Waals surface area contributed by atoms with Crippen LogP contribution in [0.4, 0.5) is 11.6 Å². The first-order valence-electron chi connectivity index (χ1n) is 8.66. The predicted molar refractivity (Wildman–Crippen MR) is 99.0 cm³/mol. The van der Waals surface area contributed by atoms with E-state index in [9.17, 15) is 4.79 Å². The second-order valence-electron chi connectivity index (χ2n) is 6.22. The number of rotatable bonds is 4. The van der Waals surface area contributed by atoms with Crippen molar-refractivity contribution >= 4 is 17.5 Å². The van der Waals surface area contributed by atoms with Crippen LogP contribution in [0.25, 0.3) is 0 Å². The molecule has 1 fully saturated rings. The van der Waals surface area contributed by atoms with Crippen LogP contribution in [-0.4, -0.2) is 32.3 Å². The Morgan fingerprint density at radius 2 is 1.85 bits per heavy atom. The molecule has 1 atom stereocenters. The molecule has 1 aliphatic heterocycles. The number of anilines is 2. The van der Waals surface area contributed by atoms with Gasteiger partial charge in [0.05, 0.1) is 6.04 Å². The molecular weight excluding hydrogens is 326 g/mol. The molecule has 2 aromatic heterocycles. The maximum Gasteiger partial charge on any atom is 0.254 e. The van der Waals surface area contributed by atoms with E-state index in [1.807, 2.05) is 41.3 Å². The van der Waals surface area contributed by atoms with Gasteiger partial charge in [-0.25, -0.2) is 9.97 Å². The largest absolute Gasteiger partial charge is 0.332 e. The third kappa shape index (κ3) is 3.39. The number of nitrogens with zero attached hydrogens (tertiary/aromatic N) is 4. The highest BCUT2D eigenvalue weighted by Gasteiger charge is 2.30. The zero-order chi connectivity index (χ0) is 17.8. The first-order valence-corrected chi connectivity index (χ1v) is 8.66. The number of likely N-dealkylation sites (tertiary alicyclic amines) is 1. The first-order chi connectivity index (χ1) is 12.8. The maximum atomic E-state index is 13.1. The molecule has 4 rings (SSSR count). The van der Waals surface area contributed by atoms with Crippen molar-refractivity contribution in [2.75, 3.05) is 11.9 Å². The van der Waals surface area contributed by atoms with E-state index in [0.717, 1.165) is 30.6 Å². The zero-order valence-electron chi connectivity index (χ0n) is 14.2. The van der Waals surface area contributed by atoms with Crippen LogP contribution >= 0.6 is 0 Å². The summed E-state index contributed by atoms with van der Waals surface area (Å²) in [6.07, 6.45) is 8.89. The minimum Gasteiger partial charge on any atom is -0.332 e. The minimum atomic E-state index is 0.0435. The molecule has 1 aliphatic rings. The van der Waals surface area contributed by atoms with Gasteiger partial charge in [-0.1, -0.05) is 6.07 Å². The Hall–Kier alpha value is -3.28. The summed E-state index contributed by atoms with van der Waals surface area (Å²) in [7, 11) is 0. The lowest BCUT2D eigenvalue weighted by molar-refractivity contribution is 0.0735. The first kappa shape index (κ1) is 16.2. The summed E-state index contributed by atoms with van der Waals surface area (Å²) in [5, 5.41) is 3.13. The summed E-state index contributed by atoms with van der Waals surface area (Å²) in [4.78, 5) is 27.4. The van der Waals surface area contributed by atoms with Crippen LogP contribution in [0, 0.1) is 0 Å². The lowest BCUT2D eigenvalue weighted by atomic mass is 10.1. The predicted octanol–water partition coefficient (Wildman–Crippen LogP) is 3.59. The number of nitrogens with one attached hydrogen (secondary N) is 1. The van der Waals surface area contributed by atoms with Crippen LogP contribution in [-0.2, 0) is 0 Å². The van der Waals surface area contributed by atoms with Crippen LogP contribution in [0.2, 0.25) is 0 Å². The quantitative estimate of drug-likeness (QED) is 0.782. The molecular formula is C20H19N5O. The number of aromatic nitrogens is 3. The van der Waals surface area contributed by atoms with E-state index >= 15 is 0 Å². The molecule has 1 N–H and O–H groups in total. The number of carbonyl (C=O) groups excluding carboxylic acids is 1. The summed E-state index contributed by atoms with van der Waals surface area (Å²) in [6, 6.07) is 13.3. The topological polar surface area (TPSA) is 71.0 Å². The van der Waals surface area contributed by atoms with Crippen LogP contribution in [0.1, 0.15) is 34.8 Å². The molecule has 3 heterocycles. The number of amides is 1. The van der Waals surface area contributed by atoms with Gasteiger partial charge >= 0.3 is 0 Å². The highest BCUT2D eigenvalue weighted by Crippen LogP contribution is 2.33. The average molecular weight is 345 g/mol. The Balaban J connectivity index is 1.55. The molecule has 0 spiro atoms. The fourth-order valence-corrected chi connectivity index (χ4v) is 3.33. The molecule has 1 aromatic carbocycles. The molecule has 1 amide bonds. The van der Waals surface area contributed by atoms with E-state index in [4.69, 9.17) is 0 Å². The van der Waals surface area contributed by atoms with E-state index in [0.29, 0.717) is 11.5 Å². The molecule has 130 valence electrons. The van der Waals surface area contributed by atoms with Gasteiger partial charge in [-0.05, 0) is 54.8 Å². The van der Waals surface area contributed by atoms with E-state index in [1.165, 1.54) is 0 Å². The Bertz CT molecular complexity index is 885. The molecule has 0 saturated carbocycles. The molecule has 1 saturated heterocycles. The highest BCUT2D eigenvalue weighted by molar-refractivity contribution is 5.95. The summed E-state index contributed by atoms with van der Waals surface area (Å²) in [5.74, 6) is 0.551. The minimum absolute atomic E-state index is 0.0435. The van der Waals surface area contributed by atoms with Crippen LogP contribution < -0.4 is 5.32 Å². The fraction of sp³-hybridized carbons (Fsp3) is 0.200. The Morgan fingerprint density at radius 1 is 1.04 bits per heavy atom. The van der Waals surface area contributed by atoms with Gasteiger partial charge in [0.25, 0.3) is 5.91 Å². The molecule has 26 heavy (non-hydrogen) atoms. The molecule has 6 nitrogen and oxygen atoms in total. The van der Waals surface area contributed by atoms with Gasteiger partial charge in [0, 0.05) is 42.6 Å². The smallest absolute Gasteiger partial charge is 0.254 e. The standard InChI is InChI=1S/C20H19N5O/c26-19(25-13-2-6-18(25)15-7-11-21-12-8-15)16-4-1-5-17(14-16)24-20-22-9-3-10-23-20/h1,3-5,7-12,14,18H,2,6,13H2,(H,22,23,24)/t18-/m0/s1. The molecule has 0 bridgehead atoms. The normalized spacial score (nSPS) is 16.5. The summed E-state index contributed by atoms with van der Waals surface area (Å²) in [5.41, 5.74) is 2.59. The molecule has 3 aromatic rings. The number of hydrogen-bond donors (Lipinski definition) is 1. The van der Waals surface area contributed by atoms with Gasteiger partial charge in [0.1, 0.15) is 0 Å². The summed E-state index contributed by atoms with van der Waals surface area (Å²) >= 11 is 0. The molecule has 0 radical (unpaired) electrons. The third-order valence-electron chi connectivity index (χ3n) is 4.54. The summed E-state index contributed by atoms with van der Waals surface area (Å²) < 4.78 is 0. The number of carbonyl (C=O) groups is 1. The second kappa shape index (κ2) is 7.31. The Labute approximate surface area is 151 Å². The third-order valence-corrected chi connectivity index (χ3v) is 4.54. The van der Waals surface area contributed by atoms with Crippen LogP contribution in [0.5, 0.6) is 0 Å². The van der Waals surface area contributed by atoms with Crippen molar-refractivity contribution in [3.05, 3.63) is 78.4 Å². The average Bonchev–Trinajstić information content (AvgIpc) is 3.19. The maximum absolute atomic E-state index is 13.1. The van der Waals surface area contributed by atoms with Gasteiger partial charge in [0.15, 0.2) is 0 Å². The van der Waals surface area contributed by atoms with Crippen LogP contribution in [0.3, 0.4) is 0 Å². The zero-order valence-corrected chi connectivity index (χ0v) is 14.2. The van der Waals surface area contributed by atoms with E-state index in [1.54, 1.807) is 30.9 Å². The number of hydrogen-bond acceptors (Lipinski definition) is 5. The number of pyridine rings is 1. The lowest BCUT2D eigenvalue weighted by Crippen LogP contribution is -2.30. The van der Waals surface area contributed by atoms with Crippen molar-refractivity contribution in [3.63, 3.8) is 0 Å². The SMILES string of the molecule is O=C(c1cccc(Nc2ncccn2)c1)N1CCC[C@H]1c1ccncc1. The van der Waals surface area contributed by atoms with Crippen molar-refractivity contribution in [1.29, 1.82) is 0 Å². The lowest BCUT2D eigenvalue weighted by Gasteiger charge is -2.25. The monoisotopic (exact) mass is 345 g/mol. The van der Waals surface area contributed by atoms with E-state index in [-0.39, 0.29) is 11.9 Å². The van der Waals surface area contributed by atoms with Crippen molar-refractivity contribution in [3.8, 4) is 0 Å². The van der Waals surface area contributed by atoms with Gasteiger partial charge in [0.2, 0.25) is 5.95 Å². The van der Waals surface area contributed by atoms with Gasteiger partial charge in [-0.15, -0.1) is 0 Å². The molecule has 0 aliphatic carbocycles. The van der Waals surface area contributed by atoms with Crippen LogP contribution in [0.15, 0.2) is 67.3 Å². The van der Waals surface area contributed by atoms with Gasteiger partial charge < -0.3 is 10.2 Å². The molecule has 6 heteroatoms. The Kier molecular flexibility index (Phi) is 4.55. The van der Waals surface area contributed by atoms with E-state index in [2.05, 4.69) is 20.3 Å². The Morgan fingerprint density at radius 3 is 2.65 bits per heavy atom. The fourth-order valence-electron chi connectivity index (χ4n) is 3.33. The molecule has 0 unspecified atom stereocenters. The van der Waals surface area contributed by atoms with Gasteiger partial charge in [-0.3, -0.25) is 9.78 Å². The van der Waals surface area contributed by atoms with E-state index < -0.39 is 0 Å². The van der Waals surface area contributed by atoms with Gasteiger partial charge in [-0.2, -0.15) is 0 Å². The van der Waals surface area contributed by atoms with Crippen molar-refractivity contribution in [2.45, 2.75) is 18.9 Å².